The second-order valence-corrected chi connectivity index (χ2v) is 17.5. The fourth-order valence-corrected chi connectivity index (χ4v) is 8.05. The lowest BCUT2D eigenvalue weighted by atomic mass is 9.87. The molecule has 1 aliphatic rings. The van der Waals surface area contributed by atoms with Crippen LogP contribution in [0.2, 0.25) is 0 Å². The molecule has 3 unspecified atom stereocenters. The van der Waals surface area contributed by atoms with Gasteiger partial charge in [-0.1, -0.05) is 32.2 Å². The molecule has 8 atom stereocenters. The van der Waals surface area contributed by atoms with Crippen LogP contribution < -0.4 is 35.9 Å². The SMILES string of the molecule is C=C(O)C(C)C(=O)SCCNC(=O)CCNC(=O)[C@H](O)C(C)(C)COP(=O)([O-])OP(=O)([O-])OC[C@H]1O[C@@H](n2cnc3c(N)ncnc32)[C@H](O)[C@@H]1OP(=O)([O-])[O-]. The van der Waals surface area contributed by atoms with Crippen molar-refractivity contribution >= 4 is 69.1 Å². The van der Waals surface area contributed by atoms with Gasteiger partial charge in [-0.2, -0.15) is 0 Å². The number of ether oxygens (including phenoxy) is 1. The third-order valence-electron chi connectivity index (χ3n) is 7.57. The fraction of sp³-hybridized carbons (Fsp3) is 0.615. The van der Waals surface area contributed by atoms with Crippen molar-refractivity contribution in [3.8, 4) is 0 Å². The average Bonchev–Trinajstić information content (AvgIpc) is 3.64. The largest absolute Gasteiger partial charge is 0.790 e. The number of allylic oxidation sites excluding steroid dienone is 1. The van der Waals surface area contributed by atoms with Crippen LogP contribution in [0.1, 0.15) is 33.4 Å². The van der Waals surface area contributed by atoms with Crippen molar-refractivity contribution in [1.29, 1.82) is 0 Å². The fourth-order valence-electron chi connectivity index (χ4n) is 4.52. The number of fused-ring (bicyclic) bond motifs is 1. The highest BCUT2D eigenvalue weighted by Gasteiger charge is 2.47. The highest BCUT2D eigenvalue weighted by Crippen LogP contribution is 2.56. The first-order chi connectivity index (χ1) is 25.3. The van der Waals surface area contributed by atoms with E-state index in [-0.39, 0.29) is 53.1 Å². The van der Waals surface area contributed by atoms with Crippen molar-refractivity contribution < 1.29 is 85.6 Å². The summed E-state index contributed by atoms with van der Waals surface area (Å²) in [5, 5.41) is 35.0. The van der Waals surface area contributed by atoms with E-state index in [2.05, 4.69) is 50.0 Å². The average molecular weight is 862 g/mol. The number of phosphoric acid groups is 3. The molecule has 1 saturated heterocycles. The zero-order chi connectivity index (χ0) is 41.5. The van der Waals surface area contributed by atoms with Gasteiger partial charge in [-0.15, -0.1) is 0 Å². The van der Waals surface area contributed by atoms with Gasteiger partial charge in [0.1, 0.15) is 36.3 Å². The molecule has 0 aliphatic carbocycles. The van der Waals surface area contributed by atoms with E-state index in [0.717, 1.165) is 29.0 Å². The number of carbonyl (C=O) groups excluding carboxylic acids is 3. The number of aliphatic hydroxyl groups excluding tert-OH is 3. The number of thioether (sulfide) groups is 1. The minimum Gasteiger partial charge on any atom is -0.790 e. The number of anilines is 1. The van der Waals surface area contributed by atoms with E-state index < -0.39 is 90.5 Å². The molecular weight excluding hydrogens is 823 g/mol. The molecule has 3 rings (SSSR count). The molecular formula is C26H38N7O18P3S-4. The molecule has 55 heavy (non-hydrogen) atoms. The van der Waals surface area contributed by atoms with Crippen LogP contribution in [-0.2, 0) is 50.7 Å². The van der Waals surface area contributed by atoms with E-state index in [1.165, 1.54) is 20.8 Å². The molecule has 0 saturated carbocycles. The molecule has 0 radical (unpaired) electrons. The lowest BCUT2D eigenvalue weighted by molar-refractivity contribution is -0.347. The second-order valence-electron chi connectivity index (χ2n) is 12.4. The summed E-state index contributed by atoms with van der Waals surface area (Å²) in [5.74, 6) is -2.51. The highest BCUT2D eigenvalue weighted by atomic mass is 32.2. The number of aliphatic hydroxyl groups is 3. The molecule has 0 spiro atoms. The topological polar surface area (TPSA) is 395 Å². The van der Waals surface area contributed by atoms with E-state index in [1.807, 2.05) is 0 Å². The number of amides is 2. The normalized spacial score (nSPS) is 22.3. The van der Waals surface area contributed by atoms with Crippen LogP contribution in [0, 0.1) is 11.3 Å². The van der Waals surface area contributed by atoms with Crippen LogP contribution in [-0.4, -0.2) is 108 Å². The summed E-state index contributed by atoms with van der Waals surface area (Å²) in [7, 11) is -17.6. The minimum absolute atomic E-state index is 0.0281. The summed E-state index contributed by atoms with van der Waals surface area (Å²) in [6.07, 6.45) is -7.70. The predicted octanol–water partition coefficient (Wildman–Crippen LogP) is -3.16. The molecule has 1 fully saturated rings. The number of nitrogens with two attached hydrogens (primary N) is 1. The monoisotopic (exact) mass is 861 g/mol. The Morgan fingerprint density at radius 3 is 2.40 bits per heavy atom. The Kier molecular flexibility index (Phi) is 16.1. The molecule has 2 aromatic rings. The van der Waals surface area contributed by atoms with Crippen molar-refractivity contribution in [1.82, 2.24) is 30.2 Å². The number of aromatic nitrogens is 4. The van der Waals surface area contributed by atoms with Gasteiger partial charge in [0.05, 0.1) is 39.0 Å². The van der Waals surface area contributed by atoms with Gasteiger partial charge >= 0.3 is 0 Å². The predicted molar refractivity (Wildman–Crippen MR) is 179 cm³/mol. The molecule has 7 N–H and O–H groups in total. The smallest absolute Gasteiger partial charge is 0.274 e. The van der Waals surface area contributed by atoms with Crippen LogP contribution in [0.15, 0.2) is 25.0 Å². The third-order valence-corrected chi connectivity index (χ3v) is 11.6. The lowest BCUT2D eigenvalue weighted by Gasteiger charge is -2.36. The molecule has 0 aromatic carbocycles. The van der Waals surface area contributed by atoms with E-state index in [1.54, 1.807) is 0 Å². The standard InChI is InChI=1S/C26H42N7O18P3S/c1-13(14(2)34)25(39)55-8-7-28-16(35)5-6-29-23(38)20(37)26(3,4)10-48-54(45,46)51-53(43,44)47-9-15-19(50-52(40,41)42)18(36)24(49-15)33-12-32-17-21(27)30-11-31-22(17)33/h11-13,15,18-20,24,34,36-37H,2,5-10H2,1,3-4H3,(H,28,35)(H,29,38)(H,43,44)(H,45,46)(H2,27,30,31)(H2,40,41,42)/p-4/t13?,15-,18-,19-,20+,24-/m1/s1. The zero-order valence-corrected chi connectivity index (χ0v) is 32.6. The molecule has 25 nitrogen and oxygen atoms in total. The first-order valence-electron chi connectivity index (χ1n) is 15.7. The van der Waals surface area contributed by atoms with Gasteiger partial charge in [0, 0.05) is 30.7 Å². The van der Waals surface area contributed by atoms with Gasteiger partial charge in [-0.05, 0) is 6.92 Å². The van der Waals surface area contributed by atoms with Crippen molar-refractivity contribution in [2.75, 3.05) is 37.8 Å². The number of hydrogen-bond donors (Lipinski definition) is 6. The molecule has 1 aliphatic heterocycles. The number of imidazole rings is 1. The van der Waals surface area contributed by atoms with Crippen molar-refractivity contribution in [3.63, 3.8) is 0 Å². The van der Waals surface area contributed by atoms with Gasteiger partial charge in [0.25, 0.3) is 15.6 Å². The Hall–Kier alpha value is -2.90. The Morgan fingerprint density at radius 1 is 1.11 bits per heavy atom. The van der Waals surface area contributed by atoms with Gasteiger partial charge in [-0.25, -0.2) is 19.3 Å². The number of nitrogen functional groups attached to an aromatic ring is 1. The maximum Gasteiger partial charge on any atom is 0.274 e. The Labute approximate surface area is 316 Å². The van der Waals surface area contributed by atoms with Crippen molar-refractivity contribution in [3.05, 3.63) is 25.0 Å². The summed E-state index contributed by atoms with van der Waals surface area (Å²) in [4.78, 5) is 95.7. The number of rotatable bonds is 21. The Bertz CT molecular complexity index is 1860. The maximum atomic E-state index is 12.5. The molecule has 310 valence electrons. The highest BCUT2D eigenvalue weighted by molar-refractivity contribution is 8.13. The number of carbonyl (C=O) groups is 3. The first-order valence-corrected chi connectivity index (χ1v) is 21.1. The summed E-state index contributed by atoms with van der Waals surface area (Å²) in [6.45, 7) is 4.64. The van der Waals surface area contributed by atoms with Crippen LogP contribution in [0.4, 0.5) is 5.82 Å². The number of nitrogens with one attached hydrogen (secondary N) is 2. The molecule has 2 amide bonds. The van der Waals surface area contributed by atoms with E-state index in [9.17, 15) is 63.0 Å². The van der Waals surface area contributed by atoms with Gasteiger partial charge < -0.3 is 74.1 Å². The molecule has 29 heteroatoms. The summed E-state index contributed by atoms with van der Waals surface area (Å²) < 4.78 is 60.3. The Morgan fingerprint density at radius 2 is 1.76 bits per heavy atom. The third kappa shape index (κ3) is 13.6. The number of phosphoric ester groups is 3. The van der Waals surface area contributed by atoms with Gasteiger partial charge in [-0.3, -0.25) is 28.1 Å². The van der Waals surface area contributed by atoms with Gasteiger partial charge in [0.2, 0.25) is 11.8 Å². The number of hydrogen-bond acceptors (Lipinski definition) is 23. The molecule has 3 heterocycles. The maximum absolute atomic E-state index is 12.5. The second kappa shape index (κ2) is 19.0. The Balaban J connectivity index is 1.50. The van der Waals surface area contributed by atoms with Crippen LogP contribution >= 0.6 is 35.2 Å². The lowest BCUT2D eigenvalue weighted by Crippen LogP contribution is -2.46. The summed E-state index contributed by atoms with van der Waals surface area (Å²) in [6, 6.07) is 0. The van der Waals surface area contributed by atoms with Crippen molar-refractivity contribution in [2.24, 2.45) is 11.3 Å². The quantitative estimate of drug-likeness (QED) is 0.0410. The molecule has 0 bridgehead atoms. The summed E-state index contributed by atoms with van der Waals surface area (Å²) >= 11 is 0.874. The van der Waals surface area contributed by atoms with Crippen LogP contribution in [0.5, 0.6) is 0 Å². The van der Waals surface area contributed by atoms with Crippen LogP contribution in [0.3, 0.4) is 0 Å². The molecule has 2 aromatic heterocycles. The van der Waals surface area contributed by atoms with Crippen molar-refractivity contribution in [2.45, 2.75) is 57.8 Å². The van der Waals surface area contributed by atoms with E-state index in [4.69, 9.17) is 10.5 Å². The first kappa shape index (κ1) is 46.5. The number of nitrogens with zero attached hydrogens (tertiary/aromatic N) is 4. The van der Waals surface area contributed by atoms with Crippen LogP contribution in [0.25, 0.3) is 11.2 Å². The van der Waals surface area contributed by atoms with E-state index in [0.29, 0.717) is 0 Å². The minimum atomic E-state index is -5.92. The van der Waals surface area contributed by atoms with E-state index >= 15 is 0 Å². The van der Waals surface area contributed by atoms with Gasteiger partial charge in [0.15, 0.2) is 22.8 Å². The summed E-state index contributed by atoms with van der Waals surface area (Å²) in [5.41, 5.74) is 4.03. The zero-order valence-electron chi connectivity index (χ0n) is 29.2.